The SMILES string of the molecule is CCSc1ccc(N(C)CCC(C)N)cc1. The summed E-state index contributed by atoms with van der Waals surface area (Å²) in [6, 6.07) is 9.01. The minimum Gasteiger partial charge on any atom is -0.375 e. The predicted octanol–water partition coefficient (Wildman–Crippen LogP) is 2.97. The van der Waals surface area contributed by atoms with Gasteiger partial charge in [0, 0.05) is 30.2 Å². The lowest BCUT2D eigenvalue weighted by Gasteiger charge is -2.20. The molecule has 3 heteroatoms. The van der Waals surface area contributed by atoms with E-state index >= 15 is 0 Å². The maximum Gasteiger partial charge on any atom is 0.0364 e. The van der Waals surface area contributed by atoms with Crippen LogP contribution in [0.5, 0.6) is 0 Å². The Kier molecular flexibility index (Phi) is 5.71. The molecule has 1 rings (SSSR count). The smallest absolute Gasteiger partial charge is 0.0364 e. The molecule has 0 saturated heterocycles. The molecule has 0 radical (unpaired) electrons. The normalized spacial score (nSPS) is 12.5. The van der Waals surface area contributed by atoms with Gasteiger partial charge in [0.15, 0.2) is 0 Å². The molecule has 0 heterocycles. The molecule has 1 aromatic rings. The number of anilines is 1. The van der Waals surface area contributed by atoms with Crippen molar-refractivity contribution in [2.75, 3.05) is 24.2 Å². The summed E-state index contributed by atoms with van der Waals surface area (Å²) >= 11 is 1.88. The monoisotopic (exact) mass is 238 g/mol. The summed E-state index contributed by atoms with van der Waals surface area (Å²) in [5.74, 6) is 1.12. The quantitative estimate of drug-likeness (QED) is 0.773. The van der Waals surface area contributed by atoms with Crippen molar-refractivity contribution in [3.05, 3.63) is 24.3 Å². The van der Waals surface area contributed by atoms with Crippen molar-refractivity contribution in [2.24, 2.45) is 5.73 Å². The van der Waals surface area contributed by atoms with Gasteiger partial charge in [-0.05, 0) is 43.4 Å². The van der Waals surface area contributed by atoms with Crippen molar-refractivity contribution < 1.29 is 0 Å². The minimum atomic E-state index is 0.275. The van der Waals surface area contributed by atoms with Crippen molar-refractivity contribution in [2.45, 2.75) is 31.2 Å². The van der Waals surface area contributed by atoms with Gasteiger partial charge in [0.05, 0.1) is 0 Å². The van der Waals surface area contributed by atoms with Crippen LogP contribution in [0.15, 0.2) is 29.2 Å². The lowest BCUT2D eigenvalue weighted by Crippen LogP contribution is -2.25. The van der Waals surface area contributed by atoms with Gasteiger partial charge in [-0.3, -0.25) is 0 Å². The van der Waals surface area contributed by atoms with Gasteiger partial charge in [-0.25, -0.2) is 0 Å². The Hall–Kier alpha value is -0.670. The van der Waals surface area contributed by atoms with E-state index < -0.39 is 0 Å². The fourth-order valence-corrected chi connectivity index (χ4v) is 2.15. The largest absolute Gasteiger partial charge is 0.375 e. The molecule has 1 aromatic carbocycles. The van der Waals surface area contributed by atoms with E-state index in [0.29, 0.717) is 0 Å². The molecule has 2 nitrogen and oxygen atoms in total. The van der Waals surface area contributed by atoms with Crippen LogP contribution >= 0.6 is 11.8 Å². The molecular formula is C13H22N2S. The van der Waals surface area contributed by atoms with E-state index in [4.69, 9.17) is 5.73 Å². The van der Waals surface area contributed by atoms with Crippen LogP contribution in [0.1, 0.15) is 20.3 Å². The summed E-state index contributed by atoms with van der Waals surface area (Å²) in [6.45, 7) is 5.24. The summed E-state index contributed by atoms with van der Waals surface area (Å²) in [7, 11) is 2.12. The fourth-order valence-electron chi connectivity index (χ4n) is 1.49. The highest BCUT2D eigenvalue weighted by Crippen LogP contribution is 2.21. The molecule has 90 valence electrons. The standard InChI is InChI=1S/C13H22N2S/c1-4-16-13-7-5-12(6-8-13)15(3)10-9-11(2)14/h5-8,11H,4,9-10,14H2,1-3H3. The van der Waals surface area contributed by atoms with E-state index in [2.05, 4.69) is 50.1 Å². The molecular weight excluding hydrogens is 216 g/mol. The van der Waals surface area contributed by atoms with Crippen LogP contribution in [0.3, 0.4) is 0 Å². The number of benzene rings is 1. The first-order valence-corrected chi connectivity index (χ1v) is 6.81. The highest BCUT2D eigenvalue weighted by atomic mass is 32.2. The molecule has 0 aliphatic heterocycles. The lowest BCUT2D eigenvalue weighted by atomic mass is 10.2. The van der Waals surface area contributed by atoms with Gasteiger partial charge in [-0.2, -0.15) is 0 Å². The third-order valence-corrected chi connectivity index (χ3v) is 3.40. The first-order valence-electron chi connectivity index (χ1n) is 5.83. The summed E-state index contributed by atoms with van der Waals surface area (Å²) in [4.78, 5) is 3.59. The zero-order valence-electron chi connectivity index (χ0n) is 10.4. The molecule has 0 fully saturated rings. The average Bonchev–Trinajstić information content (AvgIpc) is 2.27. The topological polar surface area (TPSA) is 29.3 Å². The number of thioether (sulfide) groups is 1. The maximum absolute atomic E-state index is 5.75. The summed E-state index contributed by atoms with van der Waals surface area (Å²) in [5.41, 5.74) is 7.02. The van der Waals surface area contributed by atoms with Gasteiger partial charge in [0.25, 0.3) is 0 Å². The second kappa shape index (κ2) is 6.81. The minimum absolute atomic E-state index is 0.275. The Morgan fingerprint density at radius 3 is 2.44 bits per heavy atom. The van der Waals surface area contributed by atoms with Crippen LogP contribution < -0.4 is 10.6 Å². The average molecular weight is 238 g/mol. The molecule has 0 aromatic heterocycles. The Morgan fingerprint density at radius 1 is 1.31 bits per heavy atom. The zero-order valence-corrected chi connectivity index (χ0v) is 11.3. The van der Waals surface area contributed by atoms with E-state index in [-0.39, 0.29) is 6.04 Å². The Morgan fingerprint density at radius 2 is 1.94 bits per heavy atom. The summed E-state index contributed by atoms with van der Waals surface area (Å²) in [6.07, 6.45) is 1.03. The molecule has 0 amide bonds. The van der Waals surface area contributed by atoms with Gasteiger partial charge in [0.1, 0.15) is 0 Å². The molecule has 16 heavy (non-hydrogen) atoms. The van der Waals surface area contributed by atoms with Crippen LogP contribution in [-0.2, 0) is 0 Å². The third-order valence-electron chi connectivity index (χ3n) is 2.51. The van der Waals surface area contributed by atoms with E-state index in [0.717, 1.165) is 18.7 Å². The van der Waals surface area contributed by atoms with Crippen LogP contribution in [0.2, 0.25) is 0 Å². The summed E-state index contributed by atoms with van der Waals surface area (Å²) < 4.78 is 0. The molecule has 2 N–H and O–H groups in total. The van der Waals surface area contributed by atoms with E-state index in [1.165, 1.54) is 10.6 Å². The van der Waals surface area contributed by atoms with Crippen LogP contribution in [0.4, 0.5) is 5.69 Å². The number of hydrogen-bond donors (Lipinski definition) is 1. The molecule has 1 unspecified atom stereocenters. The third kappa shape index (κ3) is 4.45. The molecule has 0 aliphatic carbocycles. The van der Waals surface area contributed by atoms with Gasteiger partial charge >= 0.3 is 0 Å². The Labute approximate surface area is 103 Å². The van der Waals surface area contributed by atoms with E-state index in [1.807, 2.05) is 11.8 Å². The molecule has 0 aliphatic rings. The molecule has 0 bridgehead atoms. The summed E-state index contributed by atoms with van der Waals surface area (Å²) in [5, 5.41) is 0. The number of hydrogen-bond acceptors (Lipinski definition) is 3. The van der Waals surface area contributed by atoms with Crippen LogP contribution in [-0.4, -0.2) is 25.4 Å². The lowest BCUT2D eigenvalue weighted by molar-refractivity contribution is 0.659. The van der Waals surface area contributed by atoms with Crippen LogP contribution in [0, 0.1) is 0 Å². The van der Waals surface area contributed by atoms with Crippen molar-refractivity contribution in [3.63, 3.8) is 0 Å². The number of nitrogens with zero attached hydrogens (tertiary/aromatic N) is 1. The van der Waals surface area contributed by atoms with Crippen molar-refractivity contribution in [1.29, 1.82) is 0 Å². The predicted molar refractivity (Wildman–Crippen MR) is 74.4 cm³/mol. The highest BCUT2D eigenvalue weighted by molar-refractivity contribution is 7.99. The second-order valence-electron chi connectivity index (χ2n) is 4.11. The first-order chi connectivity index (χ1) is 7.63. The highest BCUT2D eigenvalue weighted by Gasteiger charge is 2.02. The molecule has 1 atom stereocenters. The molecule has 0 spiro atoms. The second-order valence-corrected chi connectivity index (χ2v) is 5.45. The van der Waals surface area contributed by atoms with E-state index in [1.54, 1.807) is 0 Å². The van der Waals surface area contributed by atoms with Gasteiger partial charge in [-0.15, -0.1) is 11.8 Å². The van der Waals surface area contributed by atoms with Crippen molar-refractivity contribution in [1.82, 2.24) is 0 Å². The first kappa shape index (κ1) is 13.4. The number of nitrogens with two attached hydrogens (primary N) is 1. The van der Waals surface area contributed by atoms with Crippen LogP contribution in [0.25, 0.3) is 0 Å². The Balaban J connectivity index is 2.52. The zero-order chi connectivity index (χ0) is 12.0. The fraction of sp³-hybridized carbons (Fsp3) is 0.538. The van der Waals surface area contributed by atoms with Gasteiger partial charge in [-0.1, -0.05) is 6.92 Å². The van der Waals surface area contributed by atoms with Crippen molar-refractivity contribution in [3.8, 4) is 0 Å². The van der Waals surface area contributed by atoms with Gasteiger partial charge in [0.2, 0.25) is 0 Å². The Bertz CT molecular complexity index is 295. The van der Waals surface area contributed by atoms with Gasteiger partial charge < -0.3 is 10.6 Å². The maximum atomic E-state index is 5.75. The van der Waals surface area contributed by atoms with E-state index in [9.17, 15) is 0 Å². The molecule has 0 saturated carbocycles. The number of rotatable bonds is 6. The van der Waals surface area contributed by atoms with Crippen molar-refractivity contribution >= 4 is 17.4 Å².